The van der Waals surface area contributed by atoms with E-state index in [-0.39, 0.29) is 0 Å². The molecule has 0 heterocycles. The first-order valence-corrected chi connectivity index (χ1v) is 7.31. The van der Waals surface area contributed by atoms with Gasteiger partial charge in [-0.15, -0.1) is 0 Å². The van der Waals surface area contributed by atoms with Crippen molar-refractivity contribution in [1.29, 1.82) is 0 Å². The molecule has 0 saturated heterocycles. The lowest BCUT2D eigenvalue weighted by molar-refractivity contribution is 0.189. The summed E-state index contributed by atoms with van der Waals surface area (Å²) >= 11 is 0. The molecule has 1 N–H and O–H groups in total. The van der Waals surface area contributed by atoms with E-state index in [0.29, 0.717) is 12.0 Å². The van der Waals surface area contributed by atoms with Crippen LogP contribution in [0.4, 0.5) is 0 Å². The minimum Gasteiger partial charge on any atom is -0.310 e. The van der Waals surface area contributed by atoms with E-state index in [4.69, 9.17) is 0 Å². The highest BCUT2D eigenvalue weighted by Crippen LogP contribution is 2.29. The van der Waals surface area contributed by atoms with Crippen LogP contribution in [0.2, 0.25) is 0 Å². The fraction of sp³-hybridized carbons (Fsp3) is 1.00. The van der Waals surface area contributed by atoms with Crippen LogP contribution in [0.1, 0.15) is 47.0 Å². The number of rotatable bonds is 5. The molecular weight excluding hydrogens is 208 g/mol. The van der Waals surface area contributed by atoms with Crippen LogP contribution in [-0.2, 0) is 0 Å². The van der Waals surface area contributed by atoms with Gasteiger partial charge in [0, 0.05) is 18.6 Å². The molecule has 4 atom stereocenters. The Balaban J connectivity index is 2.44. The first-order chi connectivity index (χ1) is 7.90. The molecule has 0 amide bonds. The van der Waals surface area contributed by atoms with Gasteiger partial charge >= 0.3 is 0 Å². The molecule has 1 aliphatic rings. The van der Waals surface area contributed by atoms with Crippen molar-refractivity contribution in [3.63, 3.8) is 0 Å². The van der Waals surface area contributed by atoms with E-state index in [0.717, 1.165) is 24.4 Å². The van der Waals surface area contributed by atoms with Crippen molar-refractivity contribution in [2.75, 3.05) is 20.6 Å². The van der Waals surface area contributed by atoms with E-state index in [1.165, 1.54) is 19.3 Å². The lowest BCUT2D eigenvalue weighted by Crippen LogP contribution is -2.48. The van der Waals surface area contributed by atoms with Crippen molar-refractivity contribution in [3.05, 3.63) is 0 Å². The smallest absolute Gasteiger partial charge is 0.0220 e. The van der Waals surface area contributed by atoms with E-state index in [1.54, 1.807) is 0 Å². The number of nitrogens with one attached hydrogen (secondary N) is 1. The highest BCUT2D eigenvalue weighted by molar-refractivity contribution is 4.84. The summed E-state index contributed by atoms with van der Waals surface area (Å²) in [6, 6.07) is 1.38. The van der Waals surface area contributed by atoms with Crippen LogP contribution in [0, 0.1) is 17.8 Å². The summed E-state index contributed by atoms with van der Waals surface area (Å²) in [4.78, 5) is 2.30. The van der Waals surface area contributed by atoms with Gasteiger partial charge in [-0.1, -0.05) is 27.7 Å². The van der Waals surface area contributed by atoms with Gasteiger partial charge in [0.2, 0.25) is 0 Å². The molecule has 0 radical (unpaired) electrons. The molecule has 1 rings (SSSR count). The van der Waals surface area contributed by atoms with Crippen LogP contribution < -0.4 is 5.32 Å². The summed E-state index contributed by atoms with van der Waals surface area (Å²) in [5.41, 5.74) is 0. The van der Waals surface area contributed by atoms with E-state index in [1.807, 2.05) is 0 Å². The van der Waals surface area contributed by atoms with Gasteiger partial charge < -0.3 is 10.2 Å². The fourth-order valence-corrected chi connectivity index (χ4v) is 2.85. The van der Waals surface area contributed by atoms with Gasteiger partial charge in [0.25, 0.3) is 0 Å². The molecule has 1 aliphatic carbocycles. The van der Waals surface area contributed by atoms with Gasteiger partial charge in [0.05, 0.1) is 0 Å². The zero-order valence-electron chi connectivity index (χ0n) is 12.7. The molecule has 0 spiro atoms. The molecule has 1 saturated carbocycles. The van der Waals surface area contributed by atoms with E-state index >= 15 is 0 Å². The average molecular weight is 240 g/mol. The minimum absolute atomic E-state index is 0.635. The maximum absolute atomic E-state index is 3.90. The van der Waals surface area contributed by atoms with Gasteiger partial charge in [-0.3, -0.25) is 0 Å². The SMILES string of the molecule is CC(C)C(CN(C)C)NC1CCC(C)C(C)C1. The summed E-state index contributed by atoms with van der Waals surface area (Å²) in [5, 5.41) is 3.90. The molecule has 0 aliphatic heterocycles. The third kappa shape index (κ3) is 4.97. The Morgan fingerprint density at radius 3 is 2.24 bits per heavy atom. The van der Waals surface area contributed by atoms with Crippen LogP contribution in [-0.4, -0.2) is 37.6 Å². The highest BCUT2D eigenvalue weighted by Gasteiger charge is 2.26. The molecule has 0 aromatic carbocycles. The molecule has 2 heteroatoms. The third-order valence-corrected chi connectivity index (χ3v) is 4.41. The maximum Gasteiger partial charge on any atom is 0.0220 e. The lowest BCUT2D eigenvalue weighted by atomic mass is 9.78. The zero-order valence-corrected chi connectivity index (χ0v) is 12.7. The standard InChI is InChI=1S/C15H32N2/c1-11(2)15(10-17(5)6)16-14-8-7-12(3)13(4)9-14/h11-16H,7-10H2,1-6H3. The highest BCUT2D eigenvalue weighted by atomic mass is 15.1. The Kier molecular flexibility index (Phi) is 5.94. The monoisotopic (exact) mass is 240 g/mol. The number of hydrogen-bond donors (Lipinski definition) is 1. The molecule has 0 bridgehead atoms. The number of nitrogens with zero attached hydrogens (tertiary/aromatic N) is 1. The molecule has 102 valence electrons. The maximum atomic E-state index is 3.90. The Hall–Kier alpha value is -0.0800. The van der Waals surface area contributed by atoms with Crippen molar-refractivity contribution in [1.82, 2.24) is 10.2 Å². The molecule has 17 heavy (non-hydrogen) atoms. The van der Waals surface area contributed by atoms with Crippen LogP contribution in [0.15, 0.2) is 0 Å². The van der Waals surface area contributed by atoms with Crippen molar-refractivity contribution in [2.24, 2.45) is 17.8 Å². The summed E-state index contributed by atoms with van der Waals surface area (Å²) in [7, 11) is 4.34. The van der Waals surface area contributed by atoms with E-state index in [9.17, 15) is 0 Å². The van der Waals surface area contributed by atoms with Gasteiger partial charge in [-0.2, -0.15) is 0 Å². The summed E-state index contributed by atoms with van der Waals surface area (Å²) in [6.07, 6.45) is 4.12. The summed E-state index contributed by atoms with van der Waals surface area (Å²) < 4.78 is 0. The lowest BCUT2D eigenvalue weighted by Gasteiger charge is -2.37. The fourth-order valence-electron chi connectivity index (χ4n) is 2.85. The molecule has 0 aromatic rings. The Morgan fingerprint density at radius 1 is 1.12 bits per heavy atom. The number of likely N-dealkylation sites (N-methyl/N-ethyl adjacent to an activating group) is 1. The first kappa shape index (κ1) is 15.0. The summed E-state index contributed by atoms with van der Waals surface area (Å²) in [5.74, 6) is 2.51. The zero-order chi connectivity index (χ0) is 13.0. The molecule has 0 aromatic heterocycles. The Bertz CT molecular complexity index is 213. The normalized spacial score (nSPS) is 32.1. The van der Waals surface area contributed by atoms with Gasteiger partial charge in [-0.25, -0.2) is 0 Å². The topological polar surface area (TPSA) is 15.3 Å². The Morgan fingerprint density at radius 2 is 1.76 bits per heavy atom. The Labute approximate surface area is 108 Å². The second-order valence-corrected chi connectivity index (χ2v) is 6.74. The predicted octanol–water partition coefficient (Wildman–Crippen LogP) is 2.99. The third-order valence-electron chi connectivity index (χ3n) is 4.41. The van der Waals surface area contributed by atoms with Crippen LogP contribution >= 0.6 is 0 Å². The first-order valence-electron chi connectivity index (χ1n) is 7.31. The van der Waals surface area contributed by atoms with Gasteiger partial charge in [0.1, 0.15) is 0 Å². The second-order valence-electron chi connectivity index (χ2n) is 6.74. The number of hydrogen-bond acceptors (Lipinski definition) is 2. The van der Waals surface area contributed by atoms with E-state index < -0.39 is 0 Å². The molecule has 2 nitrogen and oxygen atoms in total. The molecule has 4 unspecified atom stereocenters. The van der Waals surface area contributed by atoms with Crippen LogP contribution in [0.5, 0.6) is 0 Å². The van der Waals surface area contributed by atoms with Crippen LogP contribution in [0.3, 0.4) is 0 Å². The van der Waals surface area contributed by atoms with Crippen molar-refractivity contribution >= 4 is 0 Å². The van der Waals surface area contributed by atoms with Crippen LogP contribution in [0.25, 0.3) is 0 Å². The van der Waals surface area contributed by atoms with Crippen molar-refractivity contribution in [3.8, 4) is 0 Å². The quantitative estimate of drug-likeness (QED) is 0.795. The van der Waals surface area contributed by atoms with Crippen molar-refractivity contribution < 1.29 is 0 Å². The molecular formula is C15H32N2. The van der Waals surface area contributed by atoms with E-state index in [2.05, 4.69) is 52.0 Å². The summed E-state index contributed by atoms with van der Waals surface area (Å²) in [6.45, 7) is 10.6. The second kappa shape index (κ2) is 6.75. The van der Waals surface area contributed by atoms with Crippen molar-refractivity contribution in [2.45, 2.75) is 59.0 Å². The minimum atomic E-state index is 0.635. The molecule has 1 fully saturated rings. The predicted molar refractivity (Wildman–Crippen MR) is 76.3 cm³/mol. The largest absolute Gasteiger partial charge is 0.310 e. The van der Waals surface area contributed by atoms with Gasteiger partial charge in [-0.05, 0) is 51.1 Å². The average Bonchev–Trinajstić information content (AvgIpc) is 2.21. The van der Waals surface area contributed by atoms with Gasteiger partial charge in [0.15, 0.2) is 0 Å².